The molecule has 2 rings (SSSR count). The molecule has 2 nitrogen and oxygen atoms in total. The van der Waals surface area contributed by atoms with Gasteiger partial charge in [-0.15, -0.1) is 0 Å². The van der Waals surface area contributed by atoms with Crippen molar-refractivity contribution in [1.82, 2.24) is 0 Å². The molecule has 0 heterocycles. The fraction of sp³-hybridized carbons (Fsp3) is 0.250. The second-order valence-corrected chi connectivity index (χ2v) is 4.81. The van der Waals surface area contributed by atoms with Crippen LogP contribution in [0.2, 0.25) is 5.02 Å². The summed E-state index contributed by atoms with van der Waals surface area (Å²) in [6.07, 6.45) is 0.730. The number of halogens is 1. The van der Waals surface area contributed by atoms with Crippen LogP contribution in [-0.2, 0) is 6.42 Å². The zero-order valence-corrected chi connectivity index (χ0v) is 11.7. The van der Waals surface area contributed by atoms with Crippen molar-refractivity contribution in [3.8, 4) is 5.75 Å². The second kappa shape index (κ2) is 6.60. The molecule has 2 N–H and O–H groups in total. The highest BCUT2D eigenvalue weighted by atomic mass is 35.5. The van der Waals surface area contributed by atoms with Crippen LogP contribution in [-0.4, -0.2) is 6.61 Å². The third kappa shape index (κ3) is 3.72. The summed E-state index contributed by atoms with van der Waals surface area (Å²) in [6.45, 7) is 2.64. The summed E-state index contributed by atoms with van der Waals surface area (Å²) in [4.78, 5) is 0. The van der Waals surface area contributed by atoms with Crippen LogP contribution >= 0.6 is 11.6 Å². The van der Waals surface area contributed by atoms with E-state index in [2.05, 4.69) is 0 Å². The Kier molecular flexibility index (Phi) is 4.83. The molecule has 0 aliphatic rings. The standard InChI is InChI=1S/C16H18ClNO/c1-2-19-14-9-7-12(8-10-14)16(18)11-13-5-3-4-6-15(13)17/h3-10,16H,2,11,18H2,1H3. The van der Waals surface area contributed by atoms with E-state index in [4.69, 9.17) is 22.1 Å². The Morgan fingerprint density at radius 2 is 1.79 bits per heavy atom. The minimum Gasteiger partial charge on any atom is -0.494 e. The Bertz CT molecular complexity index is 525. The van der Waals surface area contributed by atoms with Crippen LogP contribution < -0.4 is 10.5 Å². The Morgan fingerprint density at radius 3 is 2.42 bits per heavy atom. The predicted molar refractivity (Wildman–Crippen MR) is 79.7 cm³/mol. The maximum absolute atomic E-state index is 6.22. The number of nitrogens with two attached hydrogens (primary N) is 1. The van der Waals surface area contributed by atoms with Gasteiger partial charge in [-0.1, -0.05) is 41.9 Å². The van der Waals surface area contributed by atoms with Gasteiger partial charge < -0.3 is 10.5 Å². The smallest absolute Gasteiger partial charge is 0.119 e. The van der Waals surface area contributed by atoms with Crippen molar-refractivity contribution < 1.29 is 4.74 Å². The first kappa shape index (κ1) is 13.9. The summed E-state index contributed by atoms with van der Waals surface area (Å²) in [6, 6.07) is 15.7. The van der Waals surface area contributed by atoms with Gasteiger partial charge in [0.1, 0.15) is 5.75 Å². The molecule has 2 aromatic rings. The predicted octanol–water partition coefficient (Wildman–Crippen LogP) is 3.98. The number of rotatable bonds is 5. The summed E-state index contributed by atoms with van der Waals surface area (Å²) in [7, 11) is 0. The molecular formula is C16H18ClNO. The second-order valence-electron chi connectivity index (χ2n) is 4.40. The molecule has 0 aromatic heterocycles. The zero-order chi connectivity index (χ0) is 13.7. The van der Waals surface area contributed by atoms with E-state index in [-0.39, 0.29) is 6.04 Å². The highest BCUT2D eigenvalue weighted by Gasteiger charge is 2.09. The van der Waals surface area contributed by atoms with Gasteiger partial charge in [0.15, 0.2) is 0 Å². The first-order valence-corrected chi connectivity index (χ1v) is 6.80. The molecule has 0 radical (unpaired) electrons. The summed E-state index contributed by atoms with van der Waals surface area (Å²) < 4.78 is 5.42. The number of hydrogen-bond acceptors (Lipinski definition) is 2. The van der Waals surface area contributed by atoms with Gasteiger partial charge in [0.25, 0.3) is 0 Å². The van der Waals surface area contributed by atoms with Gasteiger partial charge in [-0.2, -0.15) is 0 Å². The van der Waals surface area contributed by atoms with Gasteiger partial charge in [0, 0.05) is 11.1 Å². The number of ether oxygens (including phenoxy) is 1. The van der Waals surface area contributed by atoms with Gasteiger partial charge in [-0.3, -0.25) is 0 Å². The van der Waals surface area contributed by atoms with Crippen LogP contribution in [0.4, 0.5) is 0 Å². The molecule has 0 spiro atoms. The Balaban J connectivity index is 2.07. The molecule has 0 aliphatic heterocycles. The summed E-state index contributed by atoms with van der Waals surface area (Å²) in [5.74, 6) is 0.871. The molecule has 0 amide bonds. The van der Waals surface area contributed by atoms with Crippen LogP contribution in [0.1, 0.15) is 24.1 Å². The molecular weight excluding hydrogens is 258 g/mol. The van der Waals surface area contributed by atoms with Gasteiger partial charge in [0.2, 0.25) is 0 Å². The van der Waals surface area contributed by atoms with Gasteiger partial charge >= 0.3 is 0 Å². The highest BCUT2D eigenvalue weighted by molar-refractivity contribution is 6.31. The molecule has 1 unspecified atom stereocenters. The zero-order valence-electron chi connectivity index (χ0n) is 11.0. The van der Waals surface area contributed by atoms with E-state index in [9.17, 15) is 0 Å². The third-order valence-corrected chi connectivity index (χ3v) is 3.39. The molecule has 3 heteroatoms. The lowest BCUT2D eigenvalue weighted by molar-refractivity contribution is 0.340. The Morgan fingerprint density at radius 1 is 1.11 bits per heavy atom. The maximum Gasteiger partial charge on any atom is 0.119 e. The van der Waals surface area contributed by atoms with E-state index >= 15 is 0 Å². The Hall–Kier alpha value is -1.51. The number of benzene rings is 2. The molecule has 2 aromatic carbocycles. The van der Waals surface area contributed by atoms with Crippen LogP contribution in [0.5, 0.6) is 5.75 Å². The average molecular weight is 276 g/mol. The molecule has 0 fully saturated rings. The lowest BCUT2D eigenvalue weighted by atomic mass is 9.99. The van der Waals surface area contributed by atoms with Crippen molar-refractivity contribution in [3.63, 3.8) is 0 Å². The molecule has 0 bridgehead atoms. The van der Waals surface area contributed by atoms with Crippen LogP contribution in [0, 0.1) is 0 Å². The summed E-state index contributed by atoms with van der Waals surface area (Å²) in [5.41, 5.74) is 8.38. The van der Waals surface area contributed by atoms with E-state index in [0.29, 0.717) is 6.61 Å². The fourth-order valence-electron chi connectivity index (χ4n) is 2.00. The minimum absolute atomic E-state index is 0.0597. The monoisotopic (exact) mass is 275 g/mol. The molecule has 0 saturated carbocycles. The molecule has 0 saturated heterocycles. The summed E-state index contributed by atoms with van der Waals surface area (Å²) in [5, 5.41) is 0.767. The Labute approximate surface area is 119 Å². The highest BCUT2D eigenvalue weighted by Crippen LogP contribution is 2.23. The van der Waals surface area contributed by atoms with E-state index in [1.165, 1.54) is 0 Å². The lowest BCUT2D eigenvalue weighted by Crippen LogP contribution is -2.13. The maximum atomic E-state index is 6.22. The van der Waals surface area contributed by atoms with Gasteiger partial charge in [-0.25, -0.2) is 0 Å². The van der Waals surface area contributed by atoms with Crippen molar-refractivity contribution >= 4 is 11.6 Å². The minimum atomic E-state index is -0.0597. The van der Waals surface area contributed by atoms with Crippen molar-refractivity contribution in [3.05, 3.63) is 64.7 Å². The first-order valence-electron chi connectivity index (χ1n) is 6.42. The molecule has 0 aliphatic carbocycles. The largest absolute Gasteiger partial charge is 0.494 e. The topological polar surface area (TPSA) is 35.2 Å². The van der Waals surface area contributed by atoms with Gasteiger partial charge in [0.05, 0.1) is 6.61 Å². The van der Waals surface area contributed by atoms with Crippen molar-refractivity contribution in [2.24, 2.45) is 5.73 Å². The molecule has 19 heavy (non-hydrogen) atoms. The lowest BCUT2D eigenvalue weighted by Gasteiger charge is -2.14. The SMILES string of the molecule is CCOc1ccc(C(N)Cc2ccccc2Cl)cc1. The normalized spacial score (nSPS) is 12.2. The fourth-order valence-corrected chi connectivity index (χ4v) is 2.21. The van der Waals surface area contributed by atoms with Crippen LogP contribution in [0.3, 0.4) is 0 Å². The molecule has 100 valence electrons. The summed E-state index contributed by atoms with van der Waals surface area (Å²) >= 11 is 6.15. The van der Waals surface area contributed by atoms with E-state index < -0.39 is 0 Å². The molecule has 1 atom stereocenters. The van der Waals surface area contributed by atoms with E-state index in [1.807, 2.05) is 55.5 Å². The van der Waals surface area contributed by atoms with Crippen LogP contribution in [0.15, 0.2) is 48.5 Å². The van der Waals surface area contributed by atoms with Crippen molar-refractivity contribution in [2.45, 2.75) is 19.4 Å². The quantitative estimate of drug-likeness (QED) is 0.896. The van der Waals surface area contributed by atoms with Crippen molar-refractivity contribution in [2.75, 3.05) is 6.61 Å². The third-order valence-electron chi connectivity index (χ3n) is 3.02. The van der Waals surface area contributed by atoms with E-state index in [0.717, 1.165) is 28.3 Å². The van der Waals surface area contributed by atoms with Crippen molar-refractivity contribution in [1.29, 1.82) is 0 Å². The van der Waals surface area contributed by atoms with E-state index in [1.54, 1.807) is 0 Å². The number of hydrogen-bond donors (Lipinski definition) is 1. The van der Waals surface area contributed by atoms with Gasteiger partial charge in [-0.05, 0) is 42.7 Å². The first-order chi connectivity index (χ1) is 9.20. The van der Waals surface area contributed by atoms with Crippen LogP contribution in [0.25, 0.3) is 0 Å². The average Bonchev–Trinajstić information content (AvgIpc) is 2.42.